The van der Waals surface area contributed by atoms with Gasteiger partial charge >= 0.3 is 8.80 Å². The standard InChI is InChI=1S/C16H27NO3Si/c1-4-18-21(19-5-2,20-6-3)14-10-13-17-15-16-11-8-7-9-12-16/h7-9,11-12,15H,4-6,10,13-14H2,1-3H3/b17-15-. The van der Waals surface area contributed by atoms with E-state index in [1.807, 2.05) is 57.3 Å². The Bertz CT molecular complexity index is 381. The Kier molecular flexibility index (Phi) is 9.17. The summed E-state index contributed by atoms with van der Waals surface area (Å²) in [5, 5.41) is 0. The van der Waals surface area contributed by atoms with E-state index in [1.54, 1.807) is 0 Å². The van der Waals surface area contributed by atoms with Gasteiger partial charge < -0.3 is 13.3 Å². The Morgan fingerprint density at radius 1 is 0.952 bits per heavy atom. The van der Waals surface area contributed by atoms with Crippen molar-refractivity contribution >= 4 is 15.0 Å². The van der Waals surface area contributed by atoms with Crippen LogP contribution in [0.5, 0.6) is 0 Å². The number of benzene rings is 1. The summed E-state index contributed by atoms with van der Waals surface area (Å²) in [6, 6.07) is 10.9. The molecule has 0 N–H and O–H groups in total. The summed E-state index contributed by atoms with van der Waals surface area (Å²) in [5.74, 6) is 0. The number of aliphatic imine (C=N–C) groups is 1. The average molecular weight is 309 g/mol. The molecule has 0 unspecified atom stereocenters. The van der Waals surface area contributed by atoms with Crippen molar-refractivity contribution in [1.82, 2.24) is 0 Å². The Hall–Kier alpha value is -1.01. The van der Waals surface area contributed by atoms with Crippen LogP contribution in [0.2, 0.25) is 6.04 Å². The summed E-state index contributed by atoms with van der Waals surface area (Å²) in [5.41, 5.74) is 1.13. The second-order valence-corrected chi connectivity index (χ2v) is 7.26. The molecule has 1 aromatic rings. The largest absolute Gasteiger partial charge is 0.500 e. The van der Waals surface area contributed by atoms with Gasteiger partial charge in [0.2, 0.25) is 0 Å². The molecule has 0 aliphatic heterocycles. The molecule has 0 heterocycles. The van der Waals surface area contributed by atoms with Crippen LogP contribution in [0.15, 0.2) is 35.3 Å². The molecule has 0 saturated carbocycles. The molecule has 0 saturated heterocycles. The first-order valence-corrected chi connectivity index (χ1v) is 9.66. The molecule has 0 aliphatic rings. The third-order valence-corrected chi connectivity index (χ3v) is 6.05. The summed E-state index contributed by atoms with van der Waals surface area (Å²) in [6.07, 6.45) is 2.82. The number of hydrogen-bond acceptors (Lipinski definition) is 4. The molecule has 0 bridgehead atoms. The Morgan fingerprint density at radius 2 is 1.52 bits per heavy atom. The second-order valence-electron chi connectivity index (χ2n) is 4.53. The smallest absolute Gasteiger partial charge is 0.374 e. The van der Waals surface area contributed by atoms with Crippen molar-refractivity contribution in [3.63, 3.8) is 0 Å². The van der Waals surface area contributed by atoms with Gasteiger partial charge in [-0.3, -0.25) is 4.99 Å². The Morgan fingerprint density at radius 3 is 2.05 bits per heavy atom. The predicted molar refractivity (Wildman–Crippen MR) is 89.0 cm³/mol. The van der Waals surface area contributed by atoms with Crippen LogP contribution in [0.1, 0.15) is 32.8 Å². The summed E-state index contributed by atoms with van der Waals surface area (Å²) >= 11 is 0. The first-order valence-electron chi connectivity index (χ1n) is 7.73. The van der Waals surface area contributed by atoms with Crippen LogP contribution in [0, 0.1) is 0 Å². The molecule has 0 fully saturated rings. The van der Waals surface area contributed by atoms with Gasteiger partial charge in [0.05, 0.1) is 0 Å². The van der Waals surface area contributed by atoms with E-state index in [1.165, 1.54) is 0 Å². The highest BCUT2D eigenvalue weighted by Crippen LogP contribution is 2.18. The molecule has 1 rings (SSSR count). The minimum Gasteiger partial charge on any atom is -0.374 e. The van der Waals surface area contributed by atoms with Crippen LogP contribution in [0.3, 0.4) is 0 Å². The Balaban J connectivity index is 2.43. The molecule has 0 radical (unpaired) electrons. The van der Waals surface area contributed by atoms with Gasteiger partial charge in [0.25, 0.3) is 0 Å². The minimum absolute atomic E-state index is 0.625. The number of hydrogen-bond donors (Lipinski definition) is 0. The molecule has 118 valence electrons. The van der Waals surface area contributed by atoms with Gasteiger partial charge in [-0.15, -0.1) is 0 Å². The molecular formula is C16H27NO3Si. The minimum atomic E-state index is -2.50. The second kappa shape index (κ2) is 10.7. The molecular weight excluding hydrogens is 282 g/mol. The van der Waals surface area contributed by atoms with E-state index >= 15 is 0 Å². The van der Waals surface area contributed by atoms with Crippen LogP contribution in [0.25, 0.3) is 0 Å². The summed E-state index contributed by atoms with van der Waals surface area (Å²) in [7, 11) is -2.50. The summed E-state index contributed by atoms with van der Waals surface area (Å²) < 4.78 is 17.5. The molecule has 4 nitrogen and oxygen atoms in total. The van der Waals surface area contributed by atoms with E-state index in [9.17, 15) is 0 Å². The lowest BCUT2D eigenvalue weighted by molar-refractivity contribution is 0.0710. The topological polar surface area (TPSA) is 40.0 Å². The van der Waals surface area contributed by atoms with Crippen molar-refractivity contribution < 1.29 is 13.3 Å². The zero-order chi connectivity index (χ0) is 15.4. The monoisotopic (exact) mass is 309 g/mol. The fraction of sp³-hybridized carbons (Fsp3) is 0.562. The normalized spacial score (nSPS) is 12.1. The van der Waals surface area contributed by atoms with Gasteiger partial charge in [-0.2, -0.15) is 0 Å². The molecule has 0 spiro atoms. The van der Waals surface area contributed by atoms with Crippen LogP contribution in [-0.4, -0.2) is 41.4 Å². The predicted octanol–water partition coefficient (Wildman–Crippen LogP) is 3.54. The quantitative estimate of drug-likeness (QED) is 0.356. The van der Waals surface area contributed by atoms with E-state index in [4.69, 9.17) is 13.3 Å². The van der Waals surface area contributed by atoms with E-state index in [2.05, 4.69) is 4.99 Å². The summed E-state index contributed by atoms with van der Waals surface area (Å²) in [6.45, 7) is 8.57. The van der Waals surface area contributed by atoms with E-state index < -0.39 is 8.80 Å². The first-order chi connectivity index (χ1) is 10.3. The van der Waals surface area contributed by atoms with Crippen molar-refractivity contribution in [3.8, 4) is 0 Å². The van der Waals surface area contributed by atoms with Crippen molar-refractivity contribution in [2.75, 3.05) is 26.4 Å². The lowest BCUT2D eigenvalue weighted by atomic mass is 10.2. The lowest BCUT2D eigenvalue weighted by Crippen LogP contribution is -2.46. The molecule has 5 heteroatoms. The van der Waals surface area contributed by atoms with Crippen LogP contribution < -0.4 is 0 Å². The third-order valence-electron chi connectivity index (χ3n) is 2.90. The maximum atomic E-state index is 5.82. The first kappa shape index (κ1) is 18.0. The Labute approximate surface area is 129 Å². The van der Waals surface area contributed by atoms with E-state index in [0.717, 1.165) is 24.6 Å². The van der Waals surface area contributed by atoms with E-state index in [0.29, 0.717) is 19.8 Å². The fourth-order valence-electron chi connectivity index (χ4n) is 2.10. The van der Waals surface area contributed by atoms with Crippen LogP contribution in [-0.2, 0) is 13.3 Å². The van der Waals surface area contributed by atoms with Gasteiger partial charge in [0.15, 0.2) is 0 Å². The molecule has 21 heavy (non-hydrogen) atoms. The maximum absolute atomic E-state index is 5.82. The molecule has 0 amide bonds. The molecule has 1 aromatic carbocycles. The average Bonchev–Trinajstić information content (AvgIpc) is 2.49. The van der Waals surface area contributed by atoms with Crippen molar-refractivity contribution in [1.29, 1.82) is 0 Å². The molecule has 0 aliphatic carbocycles. The van der Waals surface area contributed by atoms with Gasteiger partial charge in [-0.1, -0.05) is 30.3 Å². The van der Waals surface area contributed by atoms with Crippen molar-refractivity contribution in [2.24, 2.45) is 4.99 Å². The van der Waals surface area contributed by atoms with Crippen molar-refractivity contribution in [3.05, 3.63) is 35.9 Å². The highest BCUT2D eigenvalue weighted by molar-refractivity contribution is 6.60. The third kappa shape index (κ3) is 6.99. The van der Waals surface area contributed by atoms with Crippen LogP contribution in [0.4, 0.5) is 0 Å². The zero-order valence-corrected chi connectivity index (χ0v) is 14.4. The number of rotatable bonds is 11. The molecule has 0 atom stereocenters. The van der Waals surface area contributed by atoms with E-state index in [-0.39, 0.29) is 0 Å². The SMILES string of the molecule is CCO[Si](CCC/N=C\c1ccccc1)(OCC)OCC. The molecule has 0 aromatic heterocycles. The van der Waals surface area contributed by atoms with Gasteiger partial charge in [0.1, 0.15) is 0 Å². The van der Waals surface area contributed by atoms with Crippen LogP contribution >= 0.6 is 0 Å². The number of nitrogens with zero attached hydrogens (tertiary/aromatic N) is 1. The van der Waals surface area contributed by atoms with Gasteiger partial charge in [-0.25, -0.2) is 0 Å². The highest BCUT2D eigenvalue weighted by atomic mass is 28.4. The summed E-state index contributed by atoms with van der Waals surface area (Å²) in [4.78, 5) is 4.46. The fourth-order valence-corrected chi connectivity index (χ4v) is 4.69. The van der Waals surface area contributed by atoms with Gasteiger partial charge in [-0.05, 0) is 32.8 Å². The maximum Gasteiger partial charge on any atom is 0.500 e. The van der Waals surface area contributed by atoms with Gasteiger partial charge in [0, 0.05) is 38.6 Å². The lowest BCUT2D eigenvalue weighted by Gasteiger charge is -2.28. The van der Waals surface area contributed by atoms with Crippen molar-refractivity contribution in [2.45, 2.75) is 33.2 Å². The zero-order valence-electron chi connectivity index (χ0n) is 13.4. The highest BCUT2D eigenvalue weighted by Gasteiger charge is 2.39.